The highest BCUT2D eigenvalue weighted by molar-refractivity contribution is 7.92. The summed E-state index contributed by atoms with van der Waals surface area (Å²) in [6.45, 7) is 2.03. The number of benzene rings is 2. The van der Waals surface area contributed by atoms with E-state index in [1.54, 1.807) is 30.2 Å². The molecular weight excluding hydrogens is 509 g/mol. The van der Waals surface area contributed by atoms with E-state index in [-0.39, 0.29) is 49.5 Å². The first-order chi connectivity index (χ1) is 18.1. The normalized spacial score (nSPS) is 14.6. The summed E-state index contributed by atoms with van der Waals surface area (Å²) in [6, 6.07) is 12.4. The van der Waals surface area contributed by atoms with Gasteiger partial charge in [0.1, 0.15) is 17.6 Å². The lowest BCUT2D eigenvalue weighted by Gasteiger charge is -2.32. The van der Waals surface area contributed by atoms with E-state index in [1.807, 2.05) is 19.1 Å². The summed E-state index contributed by atoms with van der Waals surface area (Å²) in [6.07, 6.45) is 5.65. The van der Waals surface area contributed by atoms with Gasteiger partial charge in [0.05, 0.1) is 19.1 Å². The molecule has 1 fully saturated rings. The van der Waals surface area contributed by atoms with Crippen LogP contribution in [0.5, 0.6) is 5.75 Å². The van der Waals surface area contributed by atoms with Crippen LogP contribution in [0.4, 0.5) is 10.1 Å². The van der Waals surface area contributed by atoms with Crippen LogP contribution in [0, 0.1) is 5.82 Å². The van der Waals surface area contributed by atoms with Gasteiger partial charge in [-0.3, -0.25) is 13.9 Å². The molecule has 2 aromatic rings. The lowest BCUT2D eigenvalue weighted by Crippen LogP contribution is -2.51. The van der Waals surface area contributed by atoms with Gasteiger partial charge in [-0.1, -0.05) is 44.0 Å². The van der Waals surface area contributed by atoms with Crippen molar-refractivity contribution in [3.8, 4) is 5.75 Å². The van der Waals surface area contributed by atoms with Crippen LogP contribution in [0.2, 0.25) is 0 Å². The summed E-state index contributed by atoms with van der Waals surface area (Å²) in [4.78, 5) is 28.3. The van der Waals surface area contributed by atoms with E-state index in [4.69, 9.17) is 4.74 Å². The van der Waals surface area contributed by atoms with Gasteiger partial charge in [0.25, 0.3) is 0 Å². The van der Waals surface area contributed by atoms with E-state index in [9.17, 15) is 22.4 Å². The monoisotopic (exact) mass is 547 g/mol. The van der Waals surface area contributed by atoms with Crippen molar-refractivity contribution in [2.75, 3.05) is 24.2 Å². The maximum atomic E-state index is 14.4. The van der Waals surface area contributed by atoms with E-state index < -0.39 is 21.9 Å². The topological polar surface area (TPSA) is 96.0 Å². The molecule has 0 radical (unpaired) electrons. The summed E-state index contributed by atoms with van der Waals surface area (Å²) in [5.41, 5.74) is 0.787. The largest absolute Gasteiger partial charge is 0.497 e. The van der Waals surface area contributed by atoms with E-state index in [2.05, 4.69) is 5.32 Å². The van der Waals surface area contributed by atoms with Gasteiger partial charge in [0.15, 0.2) is 0 Å². The molecule has 0 aliphatic heterocycles. The number of methoxy groups -OCH3 is 1. The first-order valence-corrected chi connectivity index (χ1v) is 14.9. The number of carbonyl (C=O) groups excluding carboxylic acids is 2. The van der Waals surface area contributed by atoms with Crippen LogP contribution in [0.25, 0.3) is 0 Å². The van der Waals surface area contributed by atoms with Crippen molar-refractivity contribution < 1.29 is 27.1 Å². The van der Waals surface area contributed by atoms with Crippen LogP contribution in [-0.4, -0.2) is 57.1 Å². The average molecular weight is 548 g/mol. The standard InChI is InChI=1S/C28H38FN3O5S/c1-4-25(28(34)30-22-10-5-6-11-22)31(20-21-15-17-23(37-2)18-16-21)27(33)14-9-19-32(38(3,35)36)26-13-8-7-12-24(26)29/h7-8,12-13,15-18,22,25H,4-6,9-11,14,19-20H2,1-3H3,(H,30,34). The number of sulfonamides is 1. The molecule has 0 aromatic heterocycles. The van der Waals surface area contributed by atoms with Gasteiger partial charge in [-0.25, -0.2) is 12.8 Å². The first-order valence-electron chi connectivity index (χ1n) is 13.1. The van der Waals surface area contributed by atoms with Crippen molar-refractivity contribution in [1.29, 1.82) is 0 Å². The third kappa shape index (κ3) is 7.93. The fourth-order valence-corrected chi connectivity index (χ4v) is 5.82. The number of anilines is 1. The highest BCUT2D eigenvalue weighted by Gasteiger charge is 2.31. The highest BCUT2D eigenvalue weighted by Crippen LogP contribution is 2.23. The molecule has 0 heterocycles. The van der Waals surface area contributed by atoms with E-state index in [1.165, 1.54) is 18.2 Å². The van der Waals surface area contributed by atoms with Crippen LogP contribution in [0.15, 0.2) is 48.5 Å². The van der Waals surface area contributed by atoms with E-state index >= 15 is 0 Å². The second-order valence-electron chi connectivity index (χ2n) is 9.67. The molecule has 1 aliphatic rings. The zero-order valence-corrected chi connectivity index (χ0v) is 23.2. The Morgan fingerprint density at radius 2 is 1.76 bits per heavy atom. The van der Waals surface area contributed by atoms with Crippen LogP contribution in [0.1, 0.15) is 57.4 Å². The number of nitrogens with one attached hydrogen (secondary N) is 1. The lowest BCUT2D eigenvalue weighted by atomic mass is 10.1. The Morgan fingerprint density at radius 3 is 2.34 bits per heavy atom. The number of ether oxygens (including phenoxy) is 1. The summed E-state index contributed by atoms with van der Waals surface area (Å²) in [5.74, 6) is -0.409. The van der Waals surface area contributed by atoms with Crippen molar-refractivity contribution in [2.45, 2.75) is 70.5 Å². The highest BCUT2D eigenvalue weighted by atomic mass is 32.2. The van der Waals surface area contributed by atoms with Crippen molar-refractivity contribution >= 4 is 27.5 Å². The molecular formula is C28H38FN3O5S. The molecule has 3 rings (SSSR count). The molecule has 208 valence electrons. The quantitative estimate of drug-likeness (QED) is 0.405. The van der Waals surface area contributed by atoms with Gasteiger partial charge in [0, 0.05) is 25.6 Å². The summed E-state index contributed by atoms with van der Waals surface area (Å²) >= 11 is 0. The third-order valence-corrected chi connectivity index (χ3v) is 8.05. The molecule has 0 bridgehead atoms. The molecule has 0 spiro atoms. The SMILES string of the molecule is CCC(C(=O)NC1CCCC1)N(Cc1ccc(OC)cc1)C(=O)CCCN(c1ccccc1F)S(C)(=O)=O. The zero-order chi connectivity index (χ0) is 27.7. The molecule has 0 saturated heterocycles. The van der Waals surface area contributed by atoms with Gasteiger partial charge in [-0.05, 0) is 55.5 Å². The lowest BCUT2D eigenvalue weighted by molar-refractivity contribution is -0.141. The fraction of sp³-hybridized carbons (Fsp3) is 0.500. The van der Waals surface area contributed by atoms with Crippen LogP contribution >= 0.6 is 0 Å². The summed E-state index contributed by atoms with van der Waals surface area (Å²) in [5, 5.41) is 3.11. The van der Waals surface area contributed by atoms with Crippen LogP contribution < -0.4 is 14.4 Å². The number of halogens is 1. The van der Waals surface area contributed by atoms with E-state index in [0.717, 1.165) is 41.8 Å². The molecule has 8 nitrogen and oxygen atoms in total. The number of carbonyl (C=O) groups is 2. The summed E-state index contributed by atoms with van der Waals surface area (Å²) < 4.78 is 45.4. The number of nitrogens with zero attached hydrogens (tertiary/aromatic N) is 2. The Balaban J connectivity index is 1.76. The second-order valence-corrected chi connectivity index (χ2v) is 11.6. The molecule has 2 amide bonds. The number of hydrogen-bond acceptors (Lipinski definition) is 5. The van der Waals surface area contributed by atoms with Gasteiger partial charge < -0.3 is 15.0 Å². The van der Waals surface area contributed by atoms with Crippen LogP contribution in [0.3, 0.4) is 0 Å². The first kappa shape index (κ1) is 29.4. The van der Waals surface area contributed by atoms with Crippen molar-refractivity contribution in [1.82, 2.24) is 10.2 Å². The number of rotatable bonds is 13. The summed E-state index contributed by atoms with van der Waals surface area (Å²) in [7, 11) is -2.19. The van der Waals surface area contributed by atoms with Crippen molar-refractivity contribution in [3.63, 3.8) is 0 Å². The minimum atomic E-state index is -3.77. The molecule has 2 aromatic carbocycles. The van der Waals surface area contributed by atoms with Gasteiger partial charge >= 0.3 is 0 Å². The zero-order valence-electron chi connectivity index (χ0n) is 22.4. The predicted molar refractivity (Wildman–Crippen MR) is 146 cm³/mol. The minimum absolute atomic E-state index is 0.00381. The molecule has 1 atom stereocenters. The van der Waals surface area contributed by atoms with Gasteiger partial charge in [0.2, 0.25) is 21.8 Å². The Morgan fingerprint density at radius 1 is 1.11 bits per heavy atom. The smallest absolute Gasteiger partial charge is 0.243 e. The number of amides is 2. The maximum absolute atomic E-state index is 14.4. The Labute approximate surface area is 225 Å². The number of hydrogen-bond donors (Lipinski definition) is 1. The molecule has 1 saturated carbocycles. The van der Waals surface area contributed by atoms with Gasteiger partial charge in [-0.2, -0.15) is 0 Å². The van der Waals surface area contributed by atoms with E-state index in [0.29, 0.717) is 12.2 Å². The average Bonchev–Trinajstić information content (AvgIpc) is 3.39. The molecule has 38 heavy (non-hydrogen) atoms. The second kappa shape index (κ2) is 13.6. The Bertz CT molecular complexity index is 1180. The third-order valence-electron chi connectivity index (χ3n) is 6.87. The minimum Gasteiger partial charge on any atom is -0.497 e. The molecule has 1 N–H and O–H groups in total. The Hall–Kier alpha value is -3.14. The Kier molecular flexibility index (Phi) is 10.5. The van der Waals surface area contributed by atoms with Crippen molar-refractivity contribution in [3.05, 3.63) is 59.9 Å². The van der Waals surface area contributed by atoms with Crippen LogP contribution in [-0.2, 0) is 26.2 Å². The molecule has 1 aliphatic carbocycles. The van der Waals surface area contributed by atoms with Gasteiger partial charge in [-0.15, -0.1) is 0 Å². The maximum Gasteiger partial charge on any atom is 0.243 e. The number of para-hydroxylation sites is 1. The fourth-order valence-electron chi connectivity index (χ4n) is 4.85. The molecule has 1 unspecified atom stereocenters. The molecule has 10 heteroatoms. The predicted octanol–water partition coefficient (Wildman–Crippen LogP) is 4.25. The van der Waals surface area contributed by atoms with Crippen molar-refractivity contribution in [2.24, 2.45) is 0 Å².